The third-order valence-electron chi connectivity index (χ3n) is 2.63. The number of halogens is 2. The molecule has 1 saturated heterocycles. The van der Waals surface area contributed by atoms with Crippen molar-refractivity contribution < 1.29 is 0 Å². The second kappa shape index (κ2) is 11.6. The first-order valence-corrected chi connectivity index (χ1v) is 5.36. The molecule has 0 aromatic heterocycles. The van der Waals surface area contributed by atoms with Crippen molar-refractivity contribution in [2.45, 2.75) is 38.5 Å². The minimum Gasteiger partial charge on any atom is -0.330 e. The molecule has 0 spiro atoms. The molecule has 1 aliphatic rings. The summed E-state index contributed by atoms with van der Waals surface area (Å²) in [5, 5.41) is 0. The number of hydrogen-bond donors (Lipinski definition) is 1. The van der Waals surface area contributed by atoms with Gasteiger partial charge in [0.05, 0.1) is 0 Å². The zero-order valence-electron chi connectivity index (χ0n) is 8.91. The molecule has 4 heteroatoms. The second-order valence-electron chi connectivity index (χ2n) is 3.75. The zero-order chi connectivity index (χ0) is 8.65. The van der Waals surface area contributed by atoms with Crippen LogP contribution >= 0.6 is 24.8 Å². The van der Waals surface area contributed by atoms with Crippen LogP contribution in [0.1, 0.15) is 38.5 Å². The molecule has 2 N–H and O–H groups in total. The van der Waals surface area contributed by atoms with E-state index in [4.69, 9.17) is 5.73 Å². The van der Waals surface area contributed by atoms with E-state index < -0.39 is 0 Å². The topological polar surface area (TPSA) is 29.3 Å². The fourth-order valence-corrected chi connectivity index (χ4v) is 1.84. The lowest BCUT2D eigenvalue weighted by molar-refractivity contribution is 0.224. The fraction of sp³-hybridized carbons (Fsp3) is 1.00. The molecule has 14 heavy (non-hydrogen) atoms. The number of hydrogen-bond acceptors (Lipinski definition) is 2. The Balaban J connectivity index is 0. The molecule has 1 fully saturated rings. The summed E-state index contributed by atoms with van der Waals surface area (Å²) in [4.78, 5) is 2.60. The molecule has 0 bridgehead atoms. The summed E-state index contributed by atoms with van der Waals surface area (Å²) in [6.45, 7) is 4.84. The molecule has 1 heterocycles. The quantitative estimate of drug-likeness (QED) is 0.751. The Morgan fingerprint density at radius 2 is 1.50 bits per heavy atom. The van der Waals surface area contributed by atoms with Crippen molar-refractivity contribution in [3.8, 4) is 0 Å². The van der Waals surface area contributed by atoms with E-state index in [0.717, 1.165) is 6.54 Å². The Bertz CT molecular complexity index is 106. The van der Waals surface area contributed by atoms with Crippen LogP contribution in [0.3, 0.4) is 0 Å². The van der Waals surface area contributed by atoms with Crippen LogP contribution in [0.4, 0.5) is 0 Å². The second-order valence-corrected chi connectivity index (χ2v) is 3.75. The summed E-state index contributed by atoms with van der Waals surface area (Å²) in [5.74, 6) is 0. The Morgan fingerprint density at radius 3 is 2.07 bits per heavy atom. The molecule has 0 unspecified atom stereocenters. The standard InChI is InChI=1S/C10H22N2.2ClH/c11-7-3-1-4-8-12-9-5-2-6-10-12;;/h1-11H2;2*1H. The molecule has 0 aromatic carbocycles. The summed E-state index contributed by atoms with van der Waals surface area (Å²) in [6, 6.07) is 0. The SMILES string of the molecule is Cl.Cl.NCCCCCN1CCCCC1. The fourth-order valence-electron chi connectivity index (χ4n) is 1.84. The highest BCUT2D eigenvalue weighted by Gasteiger charge is 2.08. The monoisotopic (exact) mass is 242 g/mol. The molecule has 88 valence electrons. The van der Waals surface area contributed by atoms with Gasteiger partial charge in [-0.25, -0.2) is 0 Å². The van der Waals surface area contributed by atoms with Crippen molar-refractivity contribution >= 4 is 24.8 Å². The van der Waals surface area contributed by atoms with Gasteiger partial charge in [0.25, 0.3) is 0 Å². The van der Waals surface area contributed by atoms with E-state index in [1.165, 1.54) is 58.2 Å². The van der Waals surface area contributed by atoms with Crippen molar-refractivity contribution in [3.63, 3.8) is 0 Å². The Kier molecular flexibility index (Phi) is 14.0. The lowest BCUT2D eigenvalue weighted by Crippen LogP contribution is -2.30. The van der Waals surface area contributed by atoms with Crippen LogP contribution in [0, 0.1) is 0 Å². The van der Waals surface area contributed by atoms with Crippen molar-refractivity contribution in [2.24, 2.45) is 5.73 Å². The van der Waals surface area contributed by atoms with Gasteiger partial charge in [-0.15, -0.1) is 24.8 Å². The normalized spacial score (nSPS) is 16.9. The highest BCUT2D eigenvalue weighted by molar-refractivity contribution is 5.85. The minimum atomic E-state index is 0. The number of unbranched alkanes of at least 4 members (excludes halogenated alkanes) is 2. The highest BCUT2D eigenvalue weighted by atomic mass is 35.5. The maximum Gasteiger partial charge on any atom is -0.00187 e. The van der Waals surface area contributed by atoms with Gasteiger partial charge >= 0.3 is 0 Å². The number of nitrogens with two attached hydrogens (primary N) is 1. The van der Waals surface area contributed by atoms with Crippen molar-refractivity contribution in [3.05, 3.63) is 0 Å². The zero-order valence-corrected chi connectivity index (χ0v) is 10.5. The van der Waals surface area contributed by atoms with Gasteiger partial charge in [-0.1, -0.05) is 12.8 Å². The summed E-state index contributed by atoms with van der Waals surface area (Å²) in [7, 11) is 0. The van der Waals surface area contributed by atoms with E-state index in [1.54, 1.807) is 0 Å². The molecule has 1 aliphatic heterocycles. The third-order valence-corrected chi connectivity index (χ3v) is 2.63. The van der Waals surface area contributed by atoms with Gasteiger partial charge in [0.15, 0.2) is 0 Å². The summed E-state index contributed by atoms with van der Waals surface area (Å²) >= 11 is 0. The first kappa shape index (κ1) is 16.9. The maximum atomic E-state index is 5.43. The molecule has 0 amide bonds. The van der Waals surface area contributed by atoms with Gasteiger partial charge in [0.1, 0.15) is 0 Å². The average Bonchev–Trinajstić information content (AvgIpc) is 2.14. The van der Waals surface area contributed by atoms with E-state index >= 15 is 0 Å². The smallest absolute Gasteiger partial charge is 0.00187 e. The molecule has 0 aliphatic carbocycles. The first-order valence-electron chi connectivity index (χ1n) is 5.36. The van der Waals surface area contributed by atoms with Crippen molar-refractivity contribution in [2.75, 3.05) is 26.2 Å². The van der Waals surface area contributed by atoms with Gasteiger partial charge in [0.2, 0.25) is 0 Å². The number of piperidine rings is 1. The van der Waals surface area contributed by atoms with Crippen molar-refractivity contribution in [1.82, 2.24) is 4.90 Å². The molecule has 0 atom stereocenters. The van der Waals surface area contributed by atoms with Gasteiger partial charge in [-0.3, -0.25) is 0 Å². The third kappa shape index (κ3) is 7.86. The number of likely N-dealkylation sites (tertiary alicyclic amines) is 1. The van der Waals surface area contributed by atoms with Crippen LogP contribution in [-0.2, 0) is 0 Å². The Hall–Kier alpha value is 0.500. The summed E-state index contributed by atoms with van der Waals surface area (Å²) in [6.07, 6.45) is 8.13. The van der Waals surface area contributed by atoms with E-state index in [2.05, 4.69) is 4.90 Å². The van der Waals surface area contributed by atoms with E-state index in [-0.39, 0.29) is 24.8 Å². The lowest BCUT2D eigenvalue weighted by atomic mass is 10.1. The van der Waals surface area contributed by atoms with Crippen LogP contribution in [0.2, 0.25) is 0 Å². The molecular weight excluding hydrogens is 219 g/mol. The van der Waals surface area contributed by atoms with Crippen LogP contribution in [0.5, 0.6) is 0 Å². The van der Waals surface area contributed by atoms with Gasteiger partial charge in [-0.05, 0) is 51.9 Å². The van der Waals surface area contributed by atoms with Gasteiger partial charge in [-0.2, -0.15) is 0 Å². The average molecular weight is 243 g/mol. The van der Waals surface area contributed by atoms with Crippen LogP contribution in [-0.4, -0.2) is 31.1 Å². The van der Waals surface area contributed by atoms with Crippen LogP contribution in [0.15, 0.2) is 0 Å². The van der Waals surface area contributed by atoms with Crippen LogP contribution < -0.4 is 5.73 Å². The summed E-state index contributed by atoms with van der Waals surface area (Å²) < 4.78 is 0. The number of nitrogens with zero attached hydrogens (tertiary/aromatic N) is 1. The Morgan fingerprint density at radius 1 is 0.857 bits per heavy atom. The molecular formula is C10H24Cl2N2. The number of rotatable bonds is 5. The Labute approximate surface area is 100 Å². The van der Waals surface area contributed by atoms with Crippen LogP contribution in [0.25, 0.3) is 0 Å². The van der Waals surface area contributed by atoms with E-state index in [9.17, 15) is 0 Å². The first-order chi connectivity index (χ1) is 5.93. The molecule has 2 nitrogen and oxygen atoms in total. The van der Waals surface area contributed by atoms with Gasteiger partial charge in [0, 0.05) is 0 Å². The molecule has 0 aromatic rings. The molecule has 0 radical (unpaired) electrons. The molecule has 0 saturated carbocycles. The van der Waals surface area contributed by atoms with Gasteiger partial charge < -0.3 is 10.6 Å². The lowest BCUT2D eigenvalue weighted by Gasteiger charge is -2.26. The largest absolute Gasteiger partial charge is 0.330 e. The predicted molar refractivity (Wildman–Crippen MR) is 67.7 cm³/mol. The van der Waals surface area contributed by atoms with E-state index in [0.29, 0.717) is 0 Å². The van der Waals surface area contributed by atoms with Crippen molar-refractivity contribution in [1.29, 1.82) is 0 Å². The summed E-state index contributed by atoms with van der Waals surface area (Å²) in [5.41, 5.74) is 5.43. The highest BCUT2D eigenvalue weighted by Crippen LogP contribution is 2.09. The molecule has 1 rings (SSSR count). The minimum absolute atomic E-state index is 0. The van der Waals surface area contributed by atoms with E-state index in [1.807, 2.05) is 0 Å². The predicted octanol–water partition coefficient (Wildman–Crippen LogP) is 2.44. The maximum absolute atomic E-state index is 5.43.